The number of benzene rings is 1. The molecule has 162 valence electrons. The topological polar surface area (TPSA) is 133 Å². The molecule has 0 saturated carbocycles. The number of aryl methyl sites for hydroxylation is 1. The van der Waals surface area contributed by atoms with Crippen LogP contribution in [0.4, 0.5) is 4.79 Å². The average molecular weight is 416 g/mol. The van der Waals surface area contributed by atoms with Gasteiger partial charge in [0.1, 0.15) is 0 Å². The molecule has 0 fully saturated rings. The first-order chi connectivity index (χ1) is 14.3. The van der Waals surface area contributed by atoms with Crippen molar-refractivity contribution in [3.8, 4) is 0 Å². The lowest BCUT2D eigenvalue weighted by atomic mass is 10.1. The average Bonchev–Trinajstić information content (AvgIpc) is 2.70. The van der Waals surface area contributed by atoms with Gasteiger partial charge in [0, 0.05) is 11.9 Å². The number of nitrogens with zero attached hydrogens (tertiary/aromatic N) is 2. The molecule has 9 heteroatoms. The van der Waals surface area contributed by atoms with Gasteiger partial charge < -0.3 is 10.5 Å². The molecule has 1 heterocycles. The van der Waals surface area contributed by atoms with Gasteiger partial charge in [0.2, 0.25) is 0 Å². The Morgan fingerprint density at radius 1 is 1.13 bits per heavy atom. The van der Waals surface area contributed by atoms with Gasteiger partial charge in [0.05, 0.1) is 5.39 Å². The predicted octanol–water partition coefficient (Wildman–Crippen LogP) is 2.35. The monoisotopic (exact) mass is 416 g/mol. The Balaban J connectivity index is 2.39. The highest BCUT2D eigenvalue weighted by Gasteiger charge is 2.29. The van der Waals surface area contributed by atoms with Crippen molar-refractivity contribution in [3.05, 3.63) is 40.3 Å². The van der Waals surface area contributed by atoms with E-state index in [0.29, 0.717) is 17.3 Å². The van der Waals surface area contributed by atoms with Gasteiger partial charge in [0.15, 0.2) is 11.8 Å². The summed E-state index contributed by atoms with van der Waals surface area (Å²) < 4.78 is 6.64. The fourth-order valence-electron chi connectivity index (χ4n) is 3.08. The van der Waals surface area contributed by atoms with E-state index >= 15 is 0 Å². The highest BCUT2D eigenvalue weighted by Crippen LogP contribution is 2.17. The number of esters is 1. The second kappa shape index (κ2) is 10.5. The first-order valence-corrected chi connectivity index (χ1v) is 10.1. The van der Waals surface area contributed by atoms with Gasteiger partial charge in [-0.15, -0.1) is 0 Å². The molecule has 9 nitrogen and oxygen atoms in total. The van der Waals surface area contributed by atoms with Crippen molar-refractivity contribution in [2.75, 3.05) is 0 Å². The molecule has 0 unspecified atom stereocenters. The molecule has 3 N–H and O–H groups in total. The van der Waals surface area contributed by atoms with E-state index in [1.54, 1.807) is 38.1 Å². The second-order valence-corrected chi connectivity index (χ2v) is 7.41. The van der Waals surface area contributed by atoms with E-state index in [2.05, 4.69) is 12.0 Å². The molecule has 1 aromatic carbocycles. The third-order valence-electron chi connectivity index (χ3n) is 4.63. The number of rotatable bonds is 9. The summed E-state index contributed by atoms with van der Waals surface area (Å²) in [5.74, 6) is -2.09. The Bertz CT molecular complexity index is 983. The highest BCUT2D eigenvalue weighted by molar-refractivity contribution is 6.03. The number of nitrogens with two attached hydrogens (primary N) is 1. The van der Waals surface area contributed by atoms with Crippen LogP contribution < -0.4 is 16.6 Å². The molecule has 3 amide bonds. The van der Waals surface area contributed by atoms with E-state index < -0.39 is 29.9 Å². The molecule has 1 atom stereocenters. The lowest BCUT2D eigenvalue weighted by Crippen LogP contribution is -2.45. The van der Waals surface area contributed by atoms with Gasteiger partial charge in [-0.05, 0) is 18.4 Å². The zero-order chi connectivity index (χ0) is 22.3. The van der Waals surface area contributed by atoms with Gasteiger partial charge in [-0.2, -0.15) is 5.10 Å². The Hall–Kier alpha value is -3.23. The van der Waals surface area contributed by atoms with Crippen molar-refractivity contribution >= 4 is 28.7 Å². The lowest BCUT2D eigenvalue weighted by molar-refractivity contribution is -0.130. The molecule has 0 aliphatic carbocycles. The van der Waals surface area contributed by atoms with Crippen LogP contribution in [0.5, 0.6) is 0 Å². The maximum Gasteiger partial charge on any atom is 0.360 e. The largest absolute Gasteiger partial charge is 0.447 e. The third-order valence-corrected chi connectivity index (χ3v) is 4.63. The van der Waals surface area contributed by atoms with Gasteiger partial charge in [-0.1, -0.05) is 58.2 Å². The first kappa shape index (κ1) is 23.1. The van der Waals surface area contributed by atoms with Crippen molar-refractivity contribution in [2.24, 2.45) is 11.7 Å². The number of carbonyl (C=O) groups is 3. The number of imide groups is 1. The van der Waals surface area contributed by atoms with E-state index in [1.165, 1.54) is 4.68 Å². The number of carbonyl (C=O) groups excluding carboxylic acids is 3. The summed E-state index contributed by atoms with van der Waals surface area (Å²) in [6.45, 7) is 5.80. The molecule has 0 aliphatic heterocycles. The standard InChI is InChI=1S/C21H28N4O5/c1-4-5-6-9-12-25-19(27)15-11-8-7-10-14(15)16(24-25)20(28)30-17(13(2)3)18(26)23-21(22)29/h7-8,10-11,13,17H,4-6,9,12H2,1-3H3,(H3,22,23,26,29)/t17-/m0/s1. The number of hydrogen-bond acceptors (Lipinski definition) is 6. The molecule has 0 aliphatic rings. The number of amides is 3. The van der Waals surface area contributed by atoms with E-state index in [9.17, 15) is 19.2 Å². The van der Waals surface area contributed by atoms with Crippen LogP contribution in [0.25, 0.3) is 10.8 Å². The van der Waals surface area contributed by atoms with Crippen LogP contribution in [0.3, 0.4) is 0 Å². The quantitative estimate of drug-likeness (QED) is 0.476. The van der Waals surface area contributed by atoms with Gasteiger partial charge >= 0.3 is 12.0 Å². The summed E-state index contributed by atoms with van der Waals surface area (Å²) in [5.41, 5.74) is 4.65. The number of nitrogens with one attached hydrogen (secondary N) is 1. The minimum absolute atomic E-state index is 0.0572. The number of urea groups is 1. The molecule has 0 bridgehead atoms. The number of primary amides is 1. The van der Waals surface area contributed by atoms with Gasteiger partial charge in [0.25, 0.3) is 11.5 Å². The van der Waals surface area contributed by atoms with Crippen LogP contribution in [-0.2, 0) is 16.1 Å². The summed E-state index contributed by atoms with van der Waals surface area (Å²) in [4.78, 5) is 48.8. The minimum atomic E-state index is -1.24. The third kappa shape index (κ3) is 5.65. The fourth-order valence-corrected chi connectivity index (χ4v) is 3.08. The number of hydrogen-bond donors (Lipinski definition) is 2. The van der Waals surface area contributed by atoms with Crippen LogP contribution in [-0.4, -0.2) is 33.8 Å². The molecule has 0 saturated heterocycles. The summed E-state index contributed by atoms with van der Waals surface area (Å²) in [5, 5.41) is 6.85. The van der Waals surface area contributed by atoms with Gasteiger partial charge in [-0.25, -0.2) is 14.3 Å². The van der Waals surface area contributed by atoms with Gasteiger partial charge in [-0.3, -0.25) is 14.9 Å². The van der Waals surface area contributed by atoms with Crippen LogP contribution in [0.15, 0.2) is 29.1 Å². The van der Waals surface area contributed by atoms with E-state index in [4.69, 9.17) is 10.5 Å². The maximum absolute atomic E-state index is 12.9. The summed E-state index contributed by atoms with van der Waals surface area (Å²) in [7, 11) is 0. The van der Waals surface area contributed by atoms with Crippen molar-refractivity contribution < 1.29 is 19.1 Å². The maximum atomic E-state index is 12.9. The number of unbranched alkanes of at least 4 members (excludes halogenated alkanes) is 3. The molecule has 30 heavy (non-hydrogen) atoms. The Morgan fingerprint density at radius 3 is 2.40 bits per heavy atom. The smallest absolute Gasteiger partial charge is 0.360 e. The summed E-state index contributed by atoms with van der Waals surface area (Å²) in [6.07, 6.45) is 2.56. The Labute approximate surface area is 174 Å². The molecule has 2 rings (SSSR count). The number of fused-ring (bicyclic) bond motifs is 1. The van der Waals surface area contributed by atoms with Crippen molar-refractivity contribution in [1.29, 1.82) is 0 Å². The normalized spacial score (nSPS) is 12.0. The number of ether oxygens (including phenoxy) is 1. The van der Waals surface area contributed by atoms with Crippen LogP contribution >= 0.6 is 0 Å². The fraction of sp³-hybridized carbons (Fsp3) is 0.476. The molecular weight excluding hydrogens is 388 g/mol. The molecular formula is C21H28N4O5. The summed E-state index contributed by atoms with van der Waals surface area (Å²) >= 11 is 0. The Kier molecular flexibility index (Phi) is 8.08. The Morgan fingerprint density at radius 2 is 1.80 bits per heavy atom. The SMILES string of the molecule is CCCCCCn1nc(C(=O)O[C@H](C(=O)NC(N)=O)C(C)C)c2ccccc2c1=O. The van der Waals surface area contributed by atoms with E-state index in [-0.39, 0.29) is 11.3 Å². The summed E-state index contributed by atoms with van der Waals surface area (Å²) in [6, 6.07) is 5.59. The molecule has 2 aromatic rings. The minimum Gasteiger partial charge on any atom is -0.447 e. The number of aromatic nitrogens is 2. The molecule has 0 spiro atoms. The molecule has 1 aromatic heterocycles. The lowest BCUT2D eigenvalue weighted by Gasteiger charge is -2.20. The molecule has 0 radical (unpaired) electrons. The van der Waals surface area contributed by atoms with E-state index in [1.807, 2.05) is 5.32 Å². The zero-order valence-electron chi connectivity index (χ0n) is 17.5. The van der Waals surface area contributed by atoms with E-state index in [0.717, 1.165) is 25.7 Å². The highest BCUT2D eigenvalue weighted by atomic mass is 16.5. The van der Waals surface area contributed by atoms with Crippen molar-refractivity contribution in [3.63, 3.8) is 0 Å². The van der Waals surface area contributed by atoms with Crippen molar-refractivity contribution in [1.82, 2.24) is 15.1 Å². The zero-order valence-corrected chi connectivity index (χ0v) is 17.5. The van der Waals surface area contributed by atoms with Crippen LogP contribution in [0.1, 0.15) is 56.9 Å². The first-order valence-electron chi connectivity index (χ1n) is 10.1. The van der Waals surface area contributed by atoms with Crippen LogP contribution in [0.2, 0.25) is 0 Å². The predicted molar refractivity (Wildman–Crippen MR) is 112 cm³/mol. The second-order valence-electron chi connectivity index (χ2n) is 7.41. The van der Waals surface area contributed by atoms with Crippen LogP contribution in [0, 0.1) is 5.92 Å². The van der Waals surface area contributed by atoms with Crippen molar-refractivity contribution in [2.45, 2.75) is 59.1 Å².